The Bertz CT molecular complexity index is 1610. The van der Waals surface area contributed by atoms with Gasteiger partial charge < -0.3 is 4.74 Å². The van der Waals surface area contributed by atoms with E-state index in [0.29, 0.717) is 22.7 Å². The van der Waals surface area contributed by atoms with Gasteiger partial charge in [-0.05, 0) is 61.2 Å². The molecule has 1 fully saturated rings. The summed E-state index contributed by atoms with van der Waals surface area (Å²) >= 11 is 3.40. The average molecular weight is 586 g/mol. The van der Waals surface area contributed by atoms with Crippen molar-refractivity contribution >= 4 is 27.8 Å². The lowest BCUT2D eigenvalue weighted by atomic mass is 9.62. The third kappa shape index (κ3) is 4.52. The second kappa shape index (κ2) is 10.3. The number of hydrogen-bond acceptors (Lipinski definition) is 5. The number of carbonyl (C=O) groups excluding carboxylic acids is 1. The van der Waals surface area contributed by atoms with Crippen molar-refractivity contribution in [2.75, 3.05) is 12.5 Å². The average Bonchev–Trinajstić information content (AvgIpc) is 2.96. The summed E-state index contributed by atoms with van der Waals surface area (Å²) in [6.45, 7) is 0. The number of benzene rings is 3. The fourth-order valence-electron chi connectivity index (χ4n) is 6.12. The maximum Gasteiger partial charge on any atom is 0.269 e. The van der Waals surface area contributed by atoms with Crippen molar-refractivity contribution in [3.8, 4) is 22.7 Å². The minimum absolute atomic E-state index is 0.138. The Balaban J connectivity index is 1.55. The predicted octanol–water partition coefficient (Wildman–Crippen LogP) is 6.19. The zero-order valence-corrected chi connectivity index (χ0v) is 23.3. The monoisotopic (exact) mass is 584 g/mol. The van der Waals surface area contributed by atoms with Crippen molar-refractivity contribution in [2.24, 2.45) is 0 Å². The highest BCUT2D eigenvalue weighted by Crippen LogP contribution is 2.49. The van der Waals surface area contributed by atoms with E-state index in [1.165, 1.54) is 12.0 Å². The minimum atomic E-state index is -0.342. The van der Waals surface area contributed by atoms with Crippen molar-refractivity contribution in [1.82, 2.24) is 15.0 Å². The van der Waals surface area contributed by atoms with E-state index in [9.17, 15) is 9.59 Å². The number of aromatic nitrogens is 2. The first kappa shape index (κ1) is 25.4. The van der Waals surface area contributed by atoms with Crippen LogP contribution >= 0.6 is 15.9 Å². The molecule has 2 aliphatic rings. The summed E-state index contributed by atoms with van der Waals surface area (Å²) in [5.74, 6) is 0.416. The first-order valence-corrected chi connectivity index (χ1v) is 14.0. The van der Waals surface area contributed by atoms with Gasteiger partial charge in [0.15, 0.2) is 0 Å². The molecule has 1 aromatic heterocycles. The number of amides is 1. The number of rotatable bonds is 5. The first-order chi connectivity index (χ1) is 19.0. The van der Waals surface area contributed by atoms with E-state index in [0.717, 1.165) is 47.7 Å². The highest BCUT2D eigenvalue weighted by molar-refractivity contribution is 9.10. The molecular formula is C31H29BrN4O3. The molecule has 0 unspecified atom stereocenters. The number of halogens is 1. The Hall–Kier alpha value is -3.91. The molecular weight excluding hydrogens is 556 g/mol. The van der Waals surface area contributed by atoms with Gasteiger partial charge in [-0.1, -0.05) is 71.6 Å². The van der Waals surface area contributed by atoms with Crippen LogP contribution in [0.4, 0.5) is 5.95 Å². The van der Waals surface area contributed by atoms with Crippen LogP contribution in [0.2, 0.25) is 0 Å². The van der Waals surface area contributed by atoms with E-state index in [1.54, 1.807) is 35.9 Å². The summed E-state index contributed by atoms with van der Waals surface area (Å²) in [4.78, 5) is 32.7. The highest BCUT2D eigenvalue weighted by atomic mass is 79.9. The van der Waals surface area contributed by atoms with Crippen LogP contribution in [0, 0.1) is 0 Å². The molecule has 1 saturated carbocycles. The molecule has 4 aromatic rings. The van der Waals surface area contributed by atoms with Crippen LogP contribution in [-0.4, -0.2) is 22.6 Å². The van der Waals surface area contributed by atoms with E-state index >= 15 is 0 Å². The number of hydrazine groups is 1. The molecule has 39 heavy (non-hydrogen) atoms. The molecule has 1 heterocycles. The summed E-state index contributed by atoms with van der Waals surface area (Å²) in [7, 11) is 1.58. The van der Waals surface area contributed by atoms with E-state index in [-0.39, 0.29) is 22.8 Å². The van der Waals surface area contributed by atoms with E-state index < -0.39 is 0 Å². The summed E-state index contributed by atoms with van der Waals surface area (Å²) in [5.41, 5.74) is 9.97. The normalized spacial score (nSPS) is 15.2. The number of nitrogens with zero attached hydrogens (tertiary/aromatic N) is 2. The standard InChI is InChI=1S/C31H29BrN4O3/c1-39-25-12-6-5-11-24(25)36-29(38)26-27(33-30(36)35-34-28(37)20-13-15-22(32)16-14-20)23-10-4-3-9-21(23)19-31(26)17-7-2-8-18-31/h3-6,9-16H,2,7-8,17-19H2,1H3,(H,33,35)(H,34,37). The Morgan fingerprint density at radius 3 is 2.46 bits per heavy atom. The van der Waals surface area contributed by atoms with Gasteiger partial charge in [0.25, 0.3) is 11.5 Å². The number of methoxy groups -OCH3 is 1. The number of fused-ring (bicyclic) bond motifs is 4. The summed E-state index contributed by atoms with van der Waals surface area (Å²) < 4.78 is 8.07. The quantitative estimate of drug-likeness (QED) is 0.273. The van der Waals surface area contributed by atoms with Gasteiger partial charge >= 0.3 is 0 Å². The van der Waals surface area contributed by atoms with Crippen LogP contribution in [0.25, 0.3) is 16.9 Å². The van der Waals surface area contributed by atoms with Crippen LogP contribution in [0.5, 0.6) is 5.75 Å². The molecule has 1 amide bonds. The topological polar surface area (TPSA) is 85.2 Å². The van der Waals surface area contributed by atoms with Crippen LogP contribution in [0.3, 0.4) is 0 Å². The lowest BCUT2D eigenvalue weighted by Gasteiger charge is -2.42. The molecule has 1 spiro atoms. The molecule has 2 N–H and O–H groups in total. The molecule has 0 bridgehead atoms. The number of ether oxygens (including phenoxy) is 1. The maximum absolute atomic E-state index is 14.6. The van der Waals surface area contributed by atoms with Gasteiger partial charge in [0, 0.05) is 21.0 Å². The SMILES string of the molecule is COc1ccccc1-n1c(NNC(=O)c2ccc(Br)cc2)nc2c(c1=O)C1(CCCCC1)Cc1ccccc1-2. The van der Waals surface area contributed by atoms with Crippen molar-refractivity contribution in [3.05, 3.63) is 104 Å². The van der Waals surface area contributed by atoms with E-state index in [4.69, 9.17) is 9.72 Å². The smallest absolute Gasteiger partial charge is 0.269 e. The Labute approximate surface area is 235 Å². The van der Waals surface area contributed by atoms with Crippen LogP contribution < -0.4 is 21.1 Å². The number of hydrogen-bond donors (Lipinski definition) is 2. The second-order valence-electron chi connectivity index (χ2n) is 10.2. The van der Waals surface area contributed by atoms with Crippen LogP contribution in [0.15, 0.2) is 82.1 Å². The molecule has 0 atom stereocenters. The lowest BCUT2D eigenvalue weighted by molar-refractivity contribution is 0.0962. The number of anilines is 1. The van der Waals surface area contributed by atoms with Gasteiger partial charge in [-0.15, -0.1) is 0 Å². The van der Waals surface area contributed by atoms with Crippen molar-refractivity contribution in [1.29, 1.82) is 0 Å². The summed E-state index contributed by atoms with van der Waals surface area (Å²) in [6.07, 6.45) is 6.06. The van der Waals surface area contributed by atoms with Crippen molar-refractivity contribution < 1.29 is 9.53 Å². The third-order valence-electron chi connectivity index (χ3n) is 7.95. The lowest BCUT2D eigenvalue weighted by Crippen LogP contribution is -2.44. The number of carbonyl (C=O) groups is 1. The molecule has 6 rings (SSSR count). The largest absolute Gasteiger partial charge is 0.495 e. The third-order valence-corrected chi connectivity index (χ3v) is 8.47. The van der Waals surface area contributed by atoms with Gasteiger partial charge in [0.05, 0.1) is 24.1 Å². The van der Waals surface area contributed by atoms with Crippen molar-refractivity contribution in [3.63, 3.8) is 0 Å². The van der Waals surface area contributed by atoms with Crippen LogP contribution in [0.1, 0.15) is 53.6 Å². The van der Waals surface area contributed by atoms with Crippen molar-refractivity contribution in [2.45, 2.75) is 43.9 Å². The molecule has 198 valence electrons. The molecule has 8 heteroatoms. The molecule has 3 aromatic carbocycles. The Morgan fingerprint density at radius 1 is 0.974 bits per heavy atom. The zero-order chi connectivity index (χ0) is 27.0. The molecule has 7 nitrogen and oxygen atoms in total. The zero-order valence-electron chi connectivity index (χ0n) is 21.7. The predicted molar refractivity (Wildman–Crippen MR) is 156 cm³/mol. The van der Waals surface area contributed by atoms with Gasteiger partial charge in [-0.2, -0.15) is 0 Å². The number of nitrogens with one attached hydrogen (secondary N) is 2. The Kier molecular flexibility index (Phi) is 6.73. The number of para-hydroxylation sites is 2. The molecule has 0 aliphatic heterocycles. The molecule has 0 saturated heterocycles. The first-order valence-electron chi connectivity index (χ1n) is 13.2. The maximum atomic E-state index is 14.6. The minimum Gasteiger partial charge on any atom is -0.495 e. The molecule has 0 radical (unpaired) electrons. The van der Waals surface area contributed by atoms with E-state index in [2.05, 4.69) is 32.8 Å². The highest BCUT2D eigenvalue weighted by Gasteiger charge is 2.43. The van der Waals surface area contributed by atoms with Crippen LogP contribution in [-0.2, 0) is 11.8 Å². The Morgan fingerprint density at radius 2 is 1.69 bits per heavy atom. The second-order valence-corrected chi connectivity index (χ2v) is 11.1. The summed E-state index contributed by atoms with van der Waals surface area (Å²) in [5, 5.41) is 0. The molecule has 2 aliphatic carbocycles. The fraction of sp³-hybridized carbons (Fsp3) is 0.258. The van der Waals surface area contributed by atoms with Gasteiger partial charge in [-0.3, -0.25) is 20.4 Å². The van der Waals surface area contributed by atoms with E-state index in [1.807, 2.05) is 42.5 Å². The fourth-order valence-corrected chi connectivity index (χ4v) is 6.38. The van der Waals surface area contributed by atoms with Gasteiger partial charge in [0.2, 0.25) is 5.95 Å². The summed E-state index contributed by atoms with van der Waals surface area (Å²) in [6, 6.07) is 22.6. The van der Waals surface area contributed by atoms with Gasteiger partial charge in [-0.25, -0.2) is 9.55 Å². The van der Waals surface area contributed by atoms with Gasteiger partial charge in [0.1, 0.15) is 5.75 Å².